The molecular formula is C15H13Cl2N. The van der Waals surface area contributed by atoms with Crippen LogP contribution in [-0.4, -0.2) is 4.57 Å². The summed E-state index contributed by atoms with van der Waals surface area (Å²) >= 11 is 12.2. The summed E-state index contributed by atoms with van der Waals surface area (Å²) in [6, 6.07) is 12.4. The molecule has 0 aliphatic carbocycles. The highest BCUT2D eigenvalue weighted by atomic mass is 35.5. The van der Waals surface area contributed by atoms with Gasteiger partial charge in [0.05, 0.1) is 0 Å². The number of hydrogen-bond donors (Lipinski definition) is 0. The molecule has 0 saturated carbocycles. The zero-order valence-electron chi connectivity index (χ0n) is 10.2. The minimum Gasteiger partial charge on any atom is -0.338 e. The van der Waals surface area contributed by atoms with Gasteiger partial charge in [-0.05, 0) is 50.2 Å². The lowest BCUT2D eigenvalue weighted by atomic mass is 10.1. The minimum atomic E-state index is 0.396. The summed E-state index contributed by atoms with van der Waals surface area (Å²) in [7, 11) is 0. The second-order valence-corrected chi connectivity index (χ2v) is 5.66. The molecule has 0 amide bonds. The third-order valence-electron chi connectivity index (χ3n) is 3.24. The predicted molar refractivity (Wildman–Crippen MR) is 79.8 cm³/mol. The SMILES string of the molecule is CC(C)n1c2ccc(Cl)cc2c2cc(Cl)ccc21. The van der Waals surface area contributed by atoms with Gasteiger partial charge < -0.3 is 4.57 Å². The van der Waals surface area contributed by atoms with Crippen LogP contribution in [0.5, 0.6) is 0 Å². The Bertz CT molecular complexity index is 682. The summed E-state index contributed by atoms with van der Waals surface area (Å²) < 4.78 is 2.32. The molecule has 0 unspecified atom stereocenters. The molecular weight excluding hydrogens is 265 g/mol. The van der Waals surface area contributed by atoms with Crippen molar-refractivity contribution in [3.05, 3.63) is 46.4 Å². The fraction of sp³-hybridized carbons (Fsp3) is 0.200. The van der Waals surface area contributed by atoms with Crippen LogP contribution in [0.1, 0.15) is 19.9 Å². The van der Waals surface area contributed by atoms with Crippen LogP contribution in [-0.2, 0) is 0 Å². The number of fused-ring (bicyclic) bond motifs is 3. The molecule has 92 valence electrons. The molecule has 0 bridgehead atoms. The van der Waals surface area contributed by atoms with Crippen LogP contribution in [0.4, 0.5) is 0 Å². The minimum absolute atomic E-state index is 0.396. The molecule has 2 aromatic carbocycles. The van der Waals surface area contributed by atoms with E-state index in [1.54, 1.807) is 0 Å². The molecule has 3 rings (SSSR count). The number of halogens is 2. The van der Waals surface area contributed by atoms with Crippen LogP contribution in [0.2, 0.25) is 10.0 Å². The molecule has 0 aliphatic heterocycles. The van der Waals surface area contributed by atoms with Gasteiger partial charge in [-0.25, -0.2) is 0 Å². The third kappa shape index (κ3) is 1.70. The maximum absolute atomic E-state index is 6.11. The maximum atomic E-state index is 6.11. The van der Waals surface area contributed by atoms with E-state index < -0.39 is 0 Å². The van der Waals surface area contributed by atoms with Crippen LogP contribution in [0, 0.1) is 0 Å². The lowest BCUT2D eigenvalue weighted by molar-refractivity contribution is 0.642. The fourth-order valence-electron chi connectivity index (χ4n) is 2.55. The van der Waals surface area contributed by atoms with Gasteiger partial charge in [0.1, 0.15) is 0 Å². The molecule has 0 saturated heterocycles. The Balaban J connectivity index is 2.56. The fourth-order valence-corrected chi connectivity index (χ4v) is 2.90. The molecule has 1 nitrogen and oxygen atoms in total. The predicted octanol–water partition coefficient (Wildman–Crippen LogP) is 5.68. The second-order valence-electron chi connectivity index (χ2n) is 4.79. The molecule has 0 fully saturated rings. The van der Waals surface area contributed by atoms with E-state index in [4.69, 9.17) is 23.2 Å². The van der Waals surface area contributed by atoms with Gasteiger partial charge in [-0.3, -0.25) is 0 Å². The van der Waals surface area contributed by atoms with E-state index in [2.05, 4.69) is 30.5 Å². The van der Waals surface area contributed by atoms with Gasteiger partial charge in [-0.1, -0.05) is 23.2 Å². The molecule has 3 heteroatoms. The summed E-state index contributed by atoms with van der Waals surface area (Å²) in [5.41, 5.74) is 2.40. The van der Waals surface area contributed by atoms with Crippen LogP contribution in [0.3, 0.4) is 0 Å². The molecule has 1 aromatic heterocycles. The monoisotopic (exact) mass is 277 g/mol. The molecule has 18 heavy (non-hydrogen) atoms. The molecule has 0 atom stereocenters. The lowest BCUT2D eigenvalue weighted by Gasteiger charge is -2.11. The number of benzene rings is 2. The molecule has 0 radical (unpaired) electrons. The van der Waals surface area contributed by atoms with Gasteiger partial charge in [0, 0.05) is 37.9 Å². The zero-order valence-corrected chi connectivity index (χ0v) is 11.8. The Labute approximate surface area is 116 Å². The van der Waals surface area contributed by atoms with Crippen LogP contribution >= 0.6 is 23.2 Å². The van der Waals surface area contributed by atoms with Crippen molar-refractivity contribution in [2.45, 2.75) is 19.9 Å². The van der Waals surface area contributed by atoms with Crippen molar-refractivity contribution in [1.29, 1.82) is 0 Å². The molecule has 0 spiro atoms. The topological polar surface area (TPSA) is 4.93 Å². The highest BCUT2D eigenvalue weighted by Crippen LogP contribution is 2.34. The van der Waals surface area contributed by atoms with E-state index >= 15 is 0 Å². The Hall–Kier alpha value is -1.18. The Morgan fingerprint density at radius 2 is 1.28 bits per heavy atom. The number of rotatable bonds is 1. The van der Waals surface area contributed by atoms with Crippen LogP contribution in [0.15, 0.2) is 36.4 Å². The van der Waals surface area contributed by atoms with Crippen molar-refractivity contribution in [3.8, 4) is 0 Å². The van der Waals surface area contributed by atoms with Crippen molar-refractivity contribution in [3.63, 3.8) is 0 Å². The first kappa shape index (κ1) is 11.9. The maximum Gasteiger partial charge on any atom is 0.0494 e. The highest BCUT2D eigenvalue weighted by Gasteiger charge is 2.13. The normalized spacial score (nSPS) is 11.8. The number of nitrogens with zero attached hydrogens (tertiary/aromatic N) is 1. The second kappa shape index (κ2) is 4.18. The summed E-state index contributed by atoms with van der Waals surface area (Å²) in [5, 5.41) is 3.83. The molecule has 0 aliphatic rings. The van der Waals surface area contributed by atoms with E-state index in [0.29, 0.717) is 6.04 Å². The Morgan fingerprint density at radius 1 is 0.833 bits per heavy atom. The molecule has 1 heterocycles. The van der Waals surface area contributed by atoms with Crippen molar-refractivity contribution in [2.75, 3.05) is 0 Å². The van der Waals surface area contributed by atoms with Crippen molar-refractivity contribution < 1.29 is 0 Å². The Morgan fingerprint density at radius 3 is 1.67 bits per heavy atom. The summed E-state index contributed by atoms with van der Waals surface area (Å²) in [6.07, 6.45) is 0. The van der Waals surface area contributed by atoms with E-state index in [9.17, 15) is 0 Å². The van der Waals surface area contributed by atoms with Crippen LogP contribution < -0.4 is 0 Å². The molecule has 0 N–H and O–H groups in total. The zero-order chi connectivity index (χ0) is 12.9. The summed E-state index contributed by atoms with van der Waals surface area (Å²) in [6.45, 7) is 4.37. The average molecular weight is 278 g/mol. The van der Waals surface area contributed by atoms with Gasteiger partial charge in [0.25, 0.3) is 0 Å². The van der Waals surface area contributed by atoms with E-state index in [1.807, 2.05) is 24.3 Å². The third-order valence-corrected chi connectivity index (χ3v) is 3.71. The standard InChI is InChI=1S/C15H13Cl2N/c1-9(2)18-14-5-3-10(16)7-12(14)13-8-11(17)4-6-15(13)18/h3-9H,1-2H3. The first-order valence-electron chi connectivity index (χ1n) is 5.96. The van der Waals surface area contributed by atoms with Gasteiger partial charge in [-0.15, -0.1) is 0 Å². The summed E-state index contributed by atoms with van der Waals surface area (Å²) in [5.74, 6) is 0. The van der Waals surface area contributed by atoms with Crippen molar-refractivity contribution >= 4 is 45.0 Å². The van der Waals surface area contributed by atoms with Gasteiger partial charge >= 0.3 is 0 Å². The largest absolute Gasteiger partial charge is 0.338 e. The first-order valence-corrected chi connectivity index (χ1v) is 6.72. The number of hydrogen-bond acceptors (Lipinski definition) is 0. The van der Waals surface area contributed by atoms with Gasteiger partial charge in [0.15, 0.2) is 0 Å². The smallest absolute Gasteiger partial charge is 0.0494 e. The van der Waals surface area contributed by atoms with Crippen molar-refractivity contribution in [1.82, 2.24) is 4.57 Å². The van der Waals surface area contributed by atoms with E-state index in [-0.39, 0.29) is 0 Å². The average Bonchev–Trinajstić information content (AvgIpc) is 2.62. The van der Waals surface area contributed by atoms with E-state index in [1.165, 1.54) is 11.0 Å². The Kier molecular flexibility index (Phi) is 2.76. The van der Waals surface area contributed by atoms with Gasteiger partial charge in [0.2, 0.25) is 0 Å². The lowest BCUT2D eigenvalue weighted by Crippen LogP contribution is -1.99. The quantitative estimate of drug-likeness (QED) is 0.539. The highest BCUT2D eigenvalue weighted by molar-refractivity contribution is 6.33. The van der Waals surface area contributed by atoms with E-state index in [0.717, 1.165) is 20.8 Å². The summed E-state index contributed by atoms with van der Waals surface area (Å²) in [4.78, 5) is 0. The van der Waals surface area contributed by atoms with Crippen LogP contribution in [0.25, 0.3) is 21.8 Å². The van der Waals surface area contributed by atoms with Crippen molar-refractivity contribution in [2.24, 2.45) is 0 Å². The van der Waals surface area contributed by atoms with Gasteiger partial charge in [-0.2, -0.15) is 0 Å². The molecule has 3 aromatic rings. The number of aromatic nitrogens is 1. The first-order chi connectivity index (χ1) is 8.58.